The van der Waals surface area contributed by atoms with Crippen LogP contribution in [0.5, 0.6) is 0 Å². The van der Waals surface area contributed by atoms with Gasteiger partial charge in [-0.05, 0) is 50.3 Å². The van der Waals surface area contributed by atoms with Gasteiger partial charge in [0.25, 0.3) is 5.91 Å². The van der Waals surface area contributed by atoms with Crippen LogP contribution in [0.15, 0.2) is 22.8 Å². The summed E-state index contributed by atoms with van der Waals surface area (Å²) in [4.78, 5) is 37.6. The van der Waals surface area contributed by atoms with E-state index < -0.39 is 18.0 Å². The van der Waals surface area contributed by atoms with E-state index in [2.05, 4.69) is 10.6 Å². The molecule has 2 amide bonds. The smallest absolute Gasteiger partial charge is 0.342 e. The third-order valence-corrected chi connectivity index (χ3v) is 5.54. The first-order valence-electron chi connectivity index (χ1n) is 8.89. The van der Waals surface area contributed by atoms with Crippen LogP contribution in [-0.2, 0) is 33.7 Å². The van der Waals surface area contributed by atoms with Crippen LogP contribution in [0.3, 0.4) is 0 Å². The molecule has 2 heterocycles. The van der Waals surface area contributed by atoms with Crippen molar-refractivity contribution in [2.75, 3.05) is 5.32 Å². The number of fused-ring (bicyclic) bond motifs is 1. The van der Waals surface area contributed by atoms with E-state index in [1.165, 1.54) is 31.4 Å². The molecule has 0 aliphatic heterocycles. The molecule has 0 aromatic carbocycles. The lowest BCUT2D eigenvalue weighted by atomic mass is 9.95. The molecule has 0 radical (unpaired) electrons. The number of rotatable bonds is 6. The Balaban J connectivity index is 1.70. The second-order valence-corrected chi connectivity index (χ2v) is 7.55. The van der Waals surface area contributed by atoms with Crippen molar-refractivity contribution in [2.45, 2.75) is 52.2 Å². The first-order valence-corrected chi connectivity index (χ1v) is 9.70. The molecular formula is C19H22N2O5S. The Hall–Kier alpha value is -2.61. The van der Waals surface area contributed by atoms with E-state index in [4.69, 9.17) is 9.15 Å². The maximum absolute atomic E-state index is 12.8. The highest BCUT2D eigenvalue weighted by atomic mass is 32.1. The van der Waals surface area contributed by atoms with Gasteiger partial charge in [-0.25, -0.2) is 4.79 Å². The van der Waals surface area contributed by atoms with Crippen LogP contribution in [0.1, 0.15) is 53.2 Å². The highest BCUT2D eigenvalue weighted by Crippen LogP contribution is 2.38. The van der Waals surface area contributed by atoms with Crippen LogP contribution >= 0.6 is 11.3 Å². The number of esters is 1. The van der Waals surface area contributed by atoms with Crippen molar-refractivity contribution in [3.8, 4) is 0 Å². The minimum atomic E-state index is -0.961. The minimum Gasteiger partial charge on any atom is -0.467 e. The van der Waals surface area contributed by atoms with E-state index >= 15 is 0 Å². The van der Waals surface area contributed by atoms with Crippen LogP contribution in [0.2, 0.25) is 0 Å². The molecular weight excluding hydrogens is 368 g/mol. The molecule has 2 N–H and O–H groups in total. The molecule has 1 atom stereocenters. The maximum Gasteiger partial charge on any atom is 0.342 e. The Morgan fingerprint density at radius 2 is 2.07 bits per heavy atom. The van der Waals surface area contributed by atoms with Crippen molar-refractivity contribution < 1.29 is 23.5 Å². The van der Waals surface area contributed by atoms with Crippen molar-refractivity contribution in [1.29, 1.82) is 0 Å². The topological polar surface area (TPSA) is 97.6 Å². The molecule has 144 valence electrons. The van der Waals surface area contributed by atoms with Gasteiger partial charge in [0.15, 0.2) is 6.10 Å². The SMILES string of the molecule is CC(=O)Nc1sc2c(c1C(=O)O[C@H](C)C(=O)NCc1ccco1)CCCC2. The molecule has 1 aliphatic carbocycles. The number of ether oxygens (including phenoxy) is 1. The molecule has 1 aliphatic rings. The van der Waals surface area contributed by atoms with Gasteiger partial charge in [-0.1, -0.05) is 0 Å². The minimum absolute atomic E-state index is 0.221. The average molecular weight is 390 g/mol. The standard InChI is InChI=1S/C19H22N2O5S/c1-11(17(23)20-10-13-6-5-9-25-13)26-19(24)16-14-7-3-4-8-15(14)27-18(16)21-12(2)22/h5-6,9,11H,3-4,7-8,10H2,1-2H3,(H,20,23)(H,21,22)/t11-/m1/s1. The quantitative estimate of drug-likeness (QED) is 0.739. The molecule has 7 nitrogen and oxygen atoms in total. The summed E-state index contributed by atoms with van der Waals surface area (Å²) in [6.45, 7) is 3.14. The van der Waals surface area contributed by atoms with Gasteiger partial charge in [0.2, 0.25) is 5.91 Å². The lowest BCUT2D eigenvalue weighted by Gasteiger charge is -2.16. The summed E-state index contributed by atoms with van der Waals surface area (Å²) in [5.41, 5.74) is 1.32. The van der Waals surface area contributed by atoms with Gasteiger partial charge in [-0.3, -0.25) is 9.59 Å². The fourth-order valence-corrected chi connectivity index (χ4v) is 4.36. The molecule has 2 aromatic heterocycles. The van der Waals surface area contributed by atoms with E-state index in [-0.39, 0.29) is 12.5 Å². The average Bonchev–Trinajstić information content (AvgIpc) is 3.25. The molecule has 0 saturated carbocycles. The lowest BCUT2D eigenvalue weighted by molar-refractivity contribution is -0.129. The predicted octanol–water partition coefficient (Wildman–Crippen LogP) is 3.04. The Bertz CT molecular complexity index is 841. The predicted molar refractivity (Wildman–Crippen MR) is 101 cm³/mol. The lowest BCUT2D eigenvalue weighted by Crippen LogP contribution is -2.35. The zero-order valence-electron chi connectivity index (χ0n) is 15.3. The van der Waals surface area contributed by atoms with Crippen molar-refractivity contribution in [1.82, 2.24) is 5.32 Å². The summed E-state index contributed by atoms with van der Waals surface area (Å²) in [6, 6.07) is 3.47. The van der Waals surface area contributed by atoms with E-state index in [1.807, 2.05) is 0 Å². The van der Waals surface area contributed by atoms with E-state index in [0.29, 0.717) is 16.3 Å². The second kappa shape index (κ2) is 8.39. The molecule has 27 heavy (non-hydrogen) atoms. The number of amides is 2. The van der Waals surface area contributed by atoms with Crippen LogP contribution in [-0.4, -0.2) is 23.9 Å². The normalized spacial score (nSPS) is 14.1. The largest absolute Gasteiger partial charge is 0.467 e. The number of hydrogen-bond donors (Lipinski definition) is 2. The molecule has 2 aromatic rings. The zero-order chi connectivity index (χ0) is 19.4. The summed E-state index contributed by atoms with van der Waals surface area (Å²) in [5, 5.41) is 5.89. The Labute approximate surface area is 161 Å². The van der Waals surface area contributed by atoms with Gasteiger partial charge in [0, 0.05) is 11.8 Å². The molecule has 0 bridgehead atoms. The van der Waals surface area contributed by atoms with Gasteiger partial charge in [-0.15, -0.1) is 11.3 Å². The van der Waals surface area contributed by atoms with Gasteiger partial charge >= 0.3 is 5.97 Å². The maximum atomic E-state index is 12.8. The van der Waals surface area contributed by atoms with Crippen molar-refractivity contribution >= 4 is 34.1 Å². The van der Waals surface area contributed by atoms with Crippen LogP contribution in [0, 0.1) is 0 Å². The first-order chi connectivity index (χ1) is 13.0. The van der Waals surface area contributed by atoms with E-state index in [0.717, 1.165) is 36.1 Å². The number of nitrogens with one attached hydrogen (secondary N) is 2. The van der Waals surface area contributed by atoms with Gasteiger partial charge in [0.1, 0.15) is 10.8 Å². The molecule has 0 fully saturated rings. The number of anilines is 1. The summed E-state index contributed by atoms with van der Waals surface area (Å²) in [6.07, 6.45) is 4.27. The zero-order valence-corrected chi connectivity index (χ0v) is 16.1. The van der Waals surface area contributed by atoms with Gasteiger partial charge in [-0.2, -0.15) is 0 Å². The van der Waals surface area contributed by atoms with Crippen LogP contribution in [0.25, 0.3) is 0 Å². The number of aryl methyl sites for hydroxylation is 1. The van der Waals surface area contributed by atoms with Gasteiger partial charge in [0.05, 0.1) is 18.4 Å². The number of carbonyl (C=O) groups is 3. The number of hydrogen-bond acceptors (Lipinski definition) is 6. The third-order valence-electron chi connectivity index (χ3n) is 4.33. The van der Waals surface area contributed by atoms with Crippen molar-refractivity contribution in [3.05, 3.63) is 40.2 Å². The third kappa shape index (κ3) is 4.57. The summed E-state index contributed by atoms with van der Waals surface area (Å²) < 4.78 is 10.5. The fourth-order valence-electron chi connectivity index (χ4n) is 3.03. The molecule has 0 saturated heterocycles. The first kappa shape index (κ1) is 19.2. The monoisotopic (exact) mass is 390 g/mol. The van der Waals surface area contributed by atoms with Crippen LogP contribution in [0.4, 0.5) is 5.00 Å². The fraction of sp³-hybridized carbons (Fsp3) is 0.421. The number of furan rings is 1. The molecule has 0 spiro atoms. The highest BCUT2D eigenvalue weighted by Gasteiger charge is 2.29. The second-order valence-electron chi connectivity index (χ2n) is 6.44. The Kier molecular flexibility index (Phi) is 5.95. The summed E-state index contributed by atoms with van der Waals surface area (Å²) in [7, 11) is 0. The van der Waals surface area contributed by atoms with Crippen LogP contribution < -0.4 is 10.6 Å². The van der Waals surface area contributed by atoms with Crippen molar-refractivity contribution in [2.24, 2.45) is 0 Å². The summed E-state index contributed by atoms with van der Waals surface area (Å²) >= 11 is 1.42. The highest BCUT2D eigenvalue weighted by molar-refractivity contribution is 7.17. The molecule has 3 rings (SSSR count). The Morgan fingerprint density at radius 3 is 2.78 bits per heavy atom. The van der Waals surface area contributed by atoms with E-state index in [9.17, 15) is 14.4 Å². The molecule has 8 heteroatoms. The molecule has 0 unspecified atom stereocenters. The number of carbonyl (C=O) groups excluding carboxylic acids is 3. The van der Waals surface area contributed by atoms with Gasteiger partial charge < -0.3 is 19.8 Å². The Morgan fingerprint density at radius 1 is 1.30 bits per heavy atom. The number of thiophene rings is 1. The van der Waals surface area contributed by atoms with E-state index in [1.54, 1.807) is 12.1 Å². The van der Waals surface area contributed by atoms with Crippen molar-refractivity contribution in [3.63, 3.8) is 0 Å². The summed E-state index contributed by atoms with van der Waals surface area (Å²) in [5.74, 6) is -0.627.